The van der Waals surface area contributed by atoms with Crippen LogP contribution in [0.25, 0.3) is 0 Å². The highest BCUT2D eigenvalue weighted by molar-refractivity contribution is 5.77. The van der Waals surface area contributed by atoms with Crippen LogP contribution in [-0.2, 0) is 19.1 Å². The Morgan fingerprint density at radius 2 is 1.67 bits per heavy atom. The van der Waals surface area contributed by atoms with Crippen molar-refractivity contribution in [2.45, 2.75) is 45.4 Å². The zero-order valence-corrected chi connectivity index (χ0v) is 18.6. The highest BCUT2D eigenvalue weighted by Gasteiger charge is 2.24. The summed E-state index contributed by atoms with van der Waals surface area (Å²) in [6.45, 7) is 2.69. The van der Waals surface area contributed by atoms with Gasteiger partial charge in [-0.25, -0.2) is 0 Å². The minimum atomic E-state index is -0.680. The average Bonchev–Trinajstić information content (AvgIpc) is 2.75. The molecule has 0 aliphatic heterocycles. The summed E-state index contributed by atoms with van der Waals surface area (Å²) < 4.78 is 5.34. The molecule has 12 nitrogen and oxygen atoms in total. The fraction of sp³-hybridized carbons (Fsp3) is 0.571. The molecule has 0 aromatic heterocycles. The second kappa shape index (κ2) is 14.6. The van der Waals surface area contributed by atoms with Crippen molar-refractivity contribution in [1.82, 2.24) is 5.32 Å². The van der Waals surface area contributed by atoms with Crippen molar-refractivity contribution in [1.29, 1.82) is 0 Å². The number of benzene rings is 1. The minimum absolute atomic E-state index is 0.137. The summed E-state index contributed by atoms with van der Waals surface area (Å²) in [7, 11) is 0. The third-order valence-corrected chi connectivity index (χ3v) is 4.97. The first-order chi connectivity index (χ1) is 15.7. The number of aldehydes is 2. The lowest BCUT2D eigenvalue weighted by Gasteiger charge is -2.24. The topological polar surface area (TPSA) is 171 Å². The lowest BCUT2D eigenvalue weighted by atomic mass is 9.85. The number of nitrogens with zero attached hydrogens (tertiary/aromatic N) is 2. The molecule has 182 valence electrons. The number of nitrogens with one attached hydrogen (secondary N) is 2. The van der Waals surface area contributed by atoms with E-state index in [0.29, 0.717) is 13.1 Å². The summed E-state index contributed by atoms with van der Waals surface area (Å²) in [5, 5.41) is 27.5. The number of ether oxygens (including phenoxy) is 1. The van der Waals surface area contributed by atoms with Gasteiger partial charge in [-0.15, -0.1) is 0 Å². The number of rotatable bonds is 18. The van der Waals surface area contributed by atoms with Gasteiger partial charge in [0, 0.05) is 37.4 Å². The summed E-state index contributed by atoms with van der Waals surface area (Å²) in [5.74, 6) is -0.276. The number of unbranched alkanes of at least 4 members (excludes halogenated alkanes) is 3. The highest BCUT2D eigenvalue weighted by Crippen LogP contribution is 2.29. The maximum atomic E-state index is 11.8. The number of carbonyl (C=O) groups excluding carboxylic acids is 3. The SMILES string of the molecule is CC(CC=O)(CC=O)COCC(=O)NCCCCCCNc1ccc([N+](=O)[O-])cc1[N+](=O)[O-]. The molecule has 0 spiro atoms. The monoisotopic (exact) mass is 466 g/mol. The van der Waals surface area contributed by atoms with Crippen LogP contribution >= 0.6 is 0 Å². The molecule has 33 heavy (non-hydrogen) atoms. The number of non-ortho nitro benzene ring substituents is 1. The third-order valence-electron chi connectivity index (χ3n) is 4.97. The van der Waals surface area contributed by atoms with E-state index in [1.54, 1.807) is 6.92 Å². The van der Waals surface area contributed by atoms with Crippen LogP contribution in [0.1, 0.15) is 45.4 Å². The van der Waals surface area contributed by atoms with Gasteiger partial charge < -0.3 is 25.0 Å². The van der Waals surface area contributed by atoms with Crippen LogP contribution in [-0.4, -0.2) is 54.6 Å². The van der Waals surface area contributed by atoms with E-state index in [0.717, 1.165) is 44.3 Å². The van der Waals surface area contributed by atoms with Crippen molar-refractivity contribution >= 4 is 35.5 Å². The van der Waals surface area contributed by atoms with E-state index in [-0.39, 0.29) is 49.0 Å². The Bertz CT molecular complexity index is 820. The van der Waals surface area contributed by atoms with Gasteiger partial charge in [-0.2, -0.15) is 0 Å². The van der Waals surface area contributed by atoms with Crippen LogP contribution in [0.5, 0.6) is 0 Å². The van der Waals surface area contributed by atoms with E-state index in [1.807, 2.05) is 0 Å². The Labute approximate surface area is 191 Å². The Hall–Kier alpha value is -3.41. The molecule has 0 fully saturated rings. The number of anilines is 1. The fourth-order valence-electron chi connectivity index (χ4n) is 3.03. The Morgan fingerprint density at radius 3 is 2.24 bits per heavy atom. The first-order valence-electron chi connectivity index (χ1n) is 10.6. The second-order valence-corrected chi connectivity index (χ2v) is 7.95. The quantitative estimate of drug-likeness (QED) is 0.143. The molecule has 0 radical (unpaired) electrons. The molecular formula is C21H30N4O8. The first kappa shape index (κ1) is 27.6. The molecule has 0 saturated carbocycles. The van der Waals surface area contributed by atoms with Gasteiger partial charge in [-0.1, -0.05) is 19.8 Å². The molecule has 0 aliphatic rings. The van der Waals surface area contributed by atoms with Gasteiger partial charge in [0.15, 0.2) is 0 Å². The molecule has 0 unspecified atom stereocenters. The Balaban J connectivity index is 2.19. The molecule has 2 N–H and O–H groups in total. The van der Waals surface area contributed by atoms with Gasteiger partial charge in [0.2, 0.25) is 5.91 Å². The summed E-state index contributed by atoms with van der Waals surface area (Å²) in [6.07, 6.45) is 4.97. The van der Waals surface area contributed by atoms with Crippen molar-refractivity contribution < 1.29 is 29.0 Å². The van der Waals surface area contributed by atoms with Crippen LogP contribution in [0.3, 0.4) is 0 Å². The fourth-order valence-corrected chi connectivity index (χ4v) is 3.03. The Morgan fingerprint density at radius 1 is 1.03 bits per heavy atom. The molecule has 0 heterocycles. The zero-order valence-electron chi connectivity index (χ0n) is 18.6. The summed E-state index contributed by atoms with van der Waals surface area (Å²) in [4.78, 5) is 53.7. The van der Waals surface area contributed by atoms with Gasteiger partial charge in [0.05, 0.1) is 22.5 Å². The smallest absolute Gasteiger partial charge is 0.299 e. The van der Waals surface area contributed by atoms with Crippen molar-refractivity contribution in [3.63, 3.8) is 0 Å². The Kier molecular flexibility index (Phi) is 12.2. The van der Waals surface area contributed by atoms with Gasteiger partial charge >= 0.3 is 0 Å². The van der Waals surface area contributed by atoms with Crippen LogP contribution in [0.15, 0.2) is 18.2 Å². The lowest BCUT2D eigenvalue weighted by molar-refractivity contribution is -0.393. The second-order valence-electron chi connectivity index (χ2n) is 7.95. The third kappa shape index (κ3) is 10.6. The van der Waals surface area contributed by atoms with Crippen LogP contribution in [0.4, 0.5) is 17.1 Å². The number of hydrogen-bond donors (Lipinski definition) is 2. The predicted molar refractivity (Wildman–Crippen MR) is 120 cm³/mol. The molecule has 1 aromatic carbocycles. The molecule has 12 heteroatoms. The molecular weight excluding hydrogens is 436 g/mol. The molecule has 1 rings (SSSR count). The number of nitro groups is 2. The minimum Gasteiger partial charge on any atom is -0.379 e. The van der Waals surface area contributed by atoms with E-state index in [4.69, 9.17) is 4.74 Å². The molecule has 0 aliphatic carbocycles. The van der Waals surface area contributed by atoms with Gasteiger partial charge in [0.25, 0.3) is 11.4 Å². The average molecular weight is 466 g/mol. The maximum absolute atomic E-state index is 11.8. The van der Waals surface area contributed by atoms with Crippen molar-refractivity contribution in [2.75, 3.05) is 31.6 Å². The number of hydrogen-bond acceptors (Lipinski definition) is 9. The molecule has 1 amide bonds. The van der Waals surface area contributed by atoms with Gasteiger partial charge in [0.1, 0.15) is 24.9 Å². The normalized spacial score (nSPS) is 10.9. The molecule has 0 bridgehead atoms. The number of amides is 1. The number of nitro benzene ring substituents is 2. The summed E-state index contributed by atoms with van der Waals surface area (Å²) in [6, 6.07) is 3.47. The zero-order chi connectivity index (χ0) is 24.7. The maximum Gasteiger partial charge on any atom is 0.299 e. The lowest BCUT2D eigenvalue weighted by Crippen LogP contribution is -2.31. The summed E-state index contributed by atoms with van der Waals surface area (Å²) in [5.41, 5.74) is -1.05. The van der Waals surface area contributed by atoms with Crippen molar-refractivity contribution in [2.24, 2.45) is 5.41 Å². The largest absolute Gasteiger partial charge is 0.379 e. The molecule has 1 aromatic rings. The van der Waals surface area contributed by atoms with Crippen LogP contribution in [0, 0.1) is 25.6 Å². The molecule has 0 atom stereocenters. The molecule has 0 saturated heterocycles. The van der Waals surface area contributed by atoms with Crippen molar-refractivity contribution in [3.05, 3.63) is 38.4 Å². The predicted octanol–water partition coefficient (Wildman–Crippen LogP) is 2.79. The van der Waals surface area contributed by atoms with E-state index in [2.05, 4.69) is 10.6 Å². The van der Waals surface area contributed by atoms with E-state index in [9.17, 15) is 34.6 Å². The van der Waals surface area contributed by atoms with E-state index < -0.39 is 15.3 Å². The first-order valence-corrected chi connectivity index (χ1v) is 10.6. The summed E-state index contributed by atoms with van der Waals surface area (Å²) >= 11 is 0. The highest BCUT2D eigenvalue weighted by atomic mass is 16.6. The van der Waals surface area contributed by atoms with E-state index in [1.165, 1.54) is 12.1 Å². The number of carbonyl (C=O) groups is 3. The van der Waals surface area contributed by atoms with E-state index >= 15 is 0 Å². The van der Waals surface area contributed by atoms with Gasteiger partial charge in [-0.3, -0.25) is 25.0 Å². The van der Waals surface area contributed by atoms with Gasteiger partial charge in [-0.05, 0) is 18.9 Å². The standard InChI is InChI=1S/C21H30N4O8/c1-21(8-12-26,9-13-27)16-33-15-20(28)23-11-5-3-2-4-10-22-18-7-6-17(24(29)30)14-19(18)25(31)32/h6-7,12-14,22H,2-5,8-11,15-16H2,1H3,(H,23,28). The van der Waals surface area contributed by atoms with Crippen LogP contribution in [0.2, 0.25) is 0 Å². The van der Waals surface area contributed by atoms with Crippen LogP contribution < -0.4 is 10.6 Å². The van der Waals surface area contributed by atoms with Crippen molar-refractivity contribution in [3.8, 4) is 0 Å².